The average molecular weight is 254 g/mol. The predicted molar refractivity (Wildman–Crippen MR) is 73.8 cm³/mol. The quantitative estimate of drug-likeness (QED) is 0.648. The van der Waals surface area contributed by atoms with E-state index in [1.54, 1.807) is 7.11 Å². The van der Waals surface area contributed by atoms with Crippen LogP contribution in [0, 0.1) is 6.92 Å². The predicted octanol–water partition coefficient (Wildman–Crippen LogP) is 2.04. The van der Waals surface area contributed by atoms with Crippen LogP contribution in [0.25, 0.3) is 0 Å². The van der Waals surface area contributed by atoms with Gasteiger partial charge >= 0.3 is 0 Å². The summed E-state index contributed by atoms with van der Waals surface area (Å²) in [6, 6.07) is 4.07. The van der Waals surface area contributed by atoms with Crippen molar-refractivity contribution in [1.82, 2.24) is 10.2 Å². The maximum absolute atomic E-state index is 5.56. The molecule has 0 aliphatic rings. The number of hydrogen-bond acceptors (Lipinski definition) is 4. The summed E-state index contributed by atoms with van der Waals surface area (Å²) in [6.07, 6.45) is 2.40. The number of nitrogens with one attached hydrogen (secondary N) is 1. The zero-order valence-corrected chi connectivity index (χ0v) is 11.9. The molecule has 104 valence electrons. The largest absolute Gasteiger partial charge is 0.465 e. The second kappa shape index (κ2) is 9.14. The molecule has 0 fully saturated rings. The van der Waals surface area contributed by atoms with Crippen LogP contribution in [0.3, 0.4) is 0 Å². The van der Waals surface area contributed by atoms with Crippen molar-refractivity contribution in [2.45, 2.75) is 26.3 Å². The summed E-state index contributed by atoms with van der Waals surface area (Å²) in [6.45, 7) is 6.78. The molecule has 1 aromatic heterocycles. The lowest BCUT2D eigenvalue weighted by molar-refractivity contribution is 0.199. The van der Waals surface area contributed by atoms with Gasteiger partial charge in [0, 0.05) is 13.7 Å². The lowest BCUT2D eigenvalue weighted by Gasteiger charge is -2.14. The molecule has 0 amide bonds. The molecule has 0 aliphatic carbocycles. The molecule has 0 atom stereocenters. The minimum absolute atomic E-state index is 0.789. The molecular formula is C14H26N2O2. The van der Waals surface area contributed by atoms with Crippen molar-refractivity contribution >= 4 is 0 Å². The topological polar surface area (TPSA) is 37.6 Å². The summed E-state index contributed by atoms with van der Waals surface area (Å²) in [5.41, 5.74) is 0. The minimum Gasteiger partial charge on any atom is -0.465 e. The number of methoxy groups -OCH3 is 1. The van der Waals surface area contributed by atoms with Crippen molar-refractivity contribution in [2.24, 2.45) is 0 Å². The molecule has 0 aliphatic heterocycles. The SMILES string of the molecule is COCCNCCCCN(C)Cc1ccc(C)o1. The van der Waals surface area contributed by atoms with Crippen LogP contribution in [0.5, 0.6) is 0 Å². The van der Waals surface area contributed by atoms with E-state index in [4.69, 9.17) is 9.15 Å². The molecule has 0 unspecified atom stereocenters. The minimum atomic E-state index is 0.789. The fourth-order valence-electron chi connectivity index (χ4n) is 1.85. The van der Waals surface area contributed by atoms with Crippen LogP contribution in [0.15, 0.2) is 16.5 Å². The number of aryl methyl sites for hydroxylation is 1. The summed E-state index contributed by atoms with van der Waals surface area (Å²) in [4.78, 5) is 2.30. The highest BCUT2D eigenvalue weighted by atomic mass is 16.5. The van der Waals surface area contributed by atoms with Gasteiger partial charge in [-0.15, -0.1) is 0 Å². The van der Waals surface area contributed by atoms with Crippen LogP contribution >= 0.6 is 0 Å². The van der Waals surface area contributed by atoms with E-state index < -0.39 is 0 Å². The average Bonchev–Trinajstić information content (AvgIpc) is 2.73. The van der Waals surface area contributed by atoms with E-state index in [-0.39, 0.29) is 0 Å². The van der Waals surface area contributed by atoms with E-state index in [2.05, 4.69) is 23.3 Å². The van der Waals surface area contributed by atoms with E-state index in [1.807, 2.05) is 13.0 Å². The van der Waals surface area contributed by atoms with Crippen molar-refractivity contribution in [3.63, 3.8) is 0 Å². The fourth-order valence-corrected chi connectivity index (χ4v) is 1.85. The third kappa shape index (κ3) is 6.79. The number of nitrogens with zero attached hydrogens (tertiary/aromatic N) is 1. The smallest absolute Gasteiger partial charge is 0.118 e. The standard InChI is InChI=1S/C14H26N2O2/c1-13-6-7-14(18-13)12-16(2)10-5-4-8-15-9-11-17-3/h6-7,15H,4-5,8-12H2,1-3H3. The van der Waals surface area contributed by atoms with E-state index in [0.717, 1.165) is 44.3 Å². The Labute approximate surface area is 110 Å². The van der Waals surface area contributed by atoms with Crippen molar-refractivity contribution in [2.75, 3.05) is 40.4 Å². The summed E-state index contributed by atoms with van der Waals surface area (Å²) in [5, 5.41) is 3.35. The van der Waals surface area contributed by atoms with Gasteiger partial charge in [0.25, 0.3) is 0 Å². The Morgan fingerprint density at radius 1 is 1.28 bits per heavy atom. The second-order valence-corrected chi connectivity index (χ2v) is 4.70. The van der Waals surface area contributed by atoms with Gasteiger partial charge < -0.3 is 14.5 Å². The van der Waals surface area contributed by atoms with Crippen molar-refractivity contribution in [1.29, 1.82) is 0 Å². The molecule has 0 bridgehead atoms. The number of hydrogen-bond donors (Lipinski definition) is 1. The molecule has 0 saturated heterocycles. The summed E-state index contributed by atoms with van der Waals surface area (Å²) < 4.78 is 10.5. The third-order valence-corrected chi connectivity index (χ3v) is 2.85. The molecule has 4 nitrogen and oxygen atoms in total. The van der Waals surface area contributed by atoms with Crippen LogP contribution in [-0.4, -0.2) is 45.3 Å². The Bertz CT molecular complexity index is 312. The van der Waals surface area contributed by atoms with Crippen LogP contribution in [0.4, 0.5) is 0 Å². The Hall–Kier alpha value is -0.840. The lowest BCUT2D eigenvalue weighted by atomic mass is 10.3. The molecular weight excluding hydrogens is 228 g/mol. The third-order valence-electron chi connectivity index (χ3n) is 2.85. The molecule has 0 spiro atoms. The number of rotatable bonds is 10. The first-order valence-electron chi connectivity index (χ1n) is 6.66. The van der Waals surface area contributed by atoms with E-state index in [1.165, 1.54) is 12.8 Å². The van der Waals surface area contributed by atoms with Gasteiger partial charge in [-0.3, -0.25) is 4.90 Å². The van der Waals surface area contributed by atoms with Crippen molar-refractivity contribution < 1.29 is 9.15 Å². The number of ether oxygens (including phenoxy) is 1. The highest BCUT2D eigenvalue weighted by Crippen LogP contribution is 2.08. The molecule has 1 aromatic rings. The second-order valence-electron chi connectivity index (χ2n) is 4.70. The zero-order valence-electron chi connectivity index (χ0n) is 11.9. The van der Waals surface area contributed by atoms with Crippen molar-refractivity contribution in [3.05, 3.63) is 23.7 Å². The highest BCUT2D eigenvalue weighted by molar-refractivity contribution is 5.05. The van der Waals surface area contributed by atoms with Crippen LogP contribution in [0.2, 0.25) is 0 Å². The number of furan rings is 1. The van der Waals surface area contributed by atoms with Gasteiger partial charge in [-0.2, -0.15) is 0 Å². The Morgan fingerprint density at radius 3 is 2.78 bits per heavy atom. The van der Waals surface area contributed by atoms with Gasteiger partial charge in [0.2, 0.25) is 0 Å². The van der Waals surface area contributed by atoms with E-state index in [9.17, 15) is 0 Å². The van der Waals surface area contributed by atoms with Gasteiger partial charge in [-0.05, 0) is 52.0 Å². The molecule has 1 N–H and O–H groups in total. The molecule has 1 rings (SSSR count). The Kier molecular flexibility index (Phi) is 7.73. The van der Waals surface area contributed by atoms with E-state index in [0.29, 0.717) is 0 Å². The fraction of sp³-hybridized carbons (Fsp3) is 0.714. The van der Waals surface area contributed by atoms with E-state index >= 15 is 0 Å². The monoisotopic (exact) mass is 254 g/mol. The number of unbranched alkanes of at least 4 members (excludes halogenated alkanes) is 1. The first-order chi connectivity index (χ1) is 8.72. The molecule has 4 heteroatoms. The maximum Gasteiger partial charge on any atom is 0.118 e. The first-order valence-corrected chi connectivity index (χ1v) is 6.66. The highest BCUT2D eigenvalue weighted by Gasteiger charge is 2.03. The maximum atomic E-state index is 5.56. The molecule has 0 saturated carbocycles. The van der Waals surface area contributed by atoms with Crippen LogP contribution in [0.1, 0.15) is 24.4 Å². The first kappa shape index (κ1) is 15.2. The summed E-state index contributed by atoms with van der Waals surface area (Å²) in [5.74, 6) is 2.04. The van der Waals surface area contributed by atoms with Gasteiger partial charge in [0.05, 0.1) is 13.2 Å². The van der Waals surface area contributed by atoms with Crippen LogP contribution < -0.4 is 5.32 Å². The van der Waals surface area contributed by atoms with Crippen LogP contribution in [-0.2, 0) is 11.3 Å². The van der Waals surface area contributed by atoms with Gasteiger partial charge in [0.1, 0.15) is 11.5 Å². The Balaban J connectivity index is 1.98. The molecule has 0 aromatic carbocycles. The van der Waals surface area contributed by atoms with Gasteiger partial charge in [-0.25, -0.2) is 0 Å². The van der Waals surface area contributed by atoms with Crippen molar-refractivity contribution in [3.8, 4) is 0 Å². The zero-order chi connectivity index (χ0) is 13.2. The molecule has 18 heavy (non-hydrogen) atoms. The normalized spacial score (nSPS) is 11.3. The summed E-state index contributed by atoms with van der Waals surface area (Å²) >= 11 is 0. The molecule has 0 radical (unpaired) electrons. The Morgan fingerprint density at radius 2 is 2.11 bits per heavy atom. The lowest BCUT2D eigenvalue weighted by Crippen LogP contribution is -2.23. The van der Waals surface area contributed by atoms with Gasteiger partial charge in [0.15, 0.2) is 0 Å². The summed E-state index contributed by atoms with van der Waals surface area (Å²) in [7, 11) is 3.86. The van der Waals surface area contributed by atoms with Gasteiger partial charge in [-0.1, -0.05) is 0 Å². The molecule has 1 heterocycles.